The molecule has 222 valence electrons. The number of carbonyl (C=O) groups excluding carboxylic acids is 2. The molecule has 2 aromatic carbocycles. The third-order valence-corrected chi connectivity index (χ3v) is 7.48. The zero-order chi connectivity index (χ0) is 29.9. The number of benzene rings is 2. The van der Waals surface area contributed by atoms with Gasteiger partial charge in [-0.3, -0.25) is 14.4 Å². The minimum atomic E-state index is -1.13. The molecule has 0 saturated carbocycles. The first-order valence-electron chi connectivity index (χ1n) is 13.8. The second kappa shape index (κ2) is 12.4. The van der Waals surface area contributed by atoms with Crippen molar-refractivity contribution in [3.8, 4) is 17.2 Å². The monoisotopic (exact) mass is 568 g/mol. The number of rotatable bonds is 8. The Morgan fingerprint density at radius 1 is 1.05 bits per heavy atom. The Balaban J connectivity index is 1.82. The molecular formula is C31H40N2O8. The van der Waals surface area contributed by atoms with Gasteiger partial charge >= 0.3 is 5.97 Å². The molecule has 2 amide bonds. The van der Waals surface area contributed by atoms with Crippen LogP contribution in [0.25, 0.3) is 0 Å². The smallest absolute Gasteiger partial charge is 0.308 e. The van der Waals surface area contributed by atoms with Gasteiger partial charge in [0.05, 0.1) is 39.4 Å². The Kier molecular flexibility index (Phi) is 9.11. The van der Waals surface area contributed by atoms with Gasteiger partial charge in [0, 0.05) is 30.8 Å². The summed E-state index contributed by atoms with van der Waals surface area (Å²) in [5, 5.41) is 9.52. The highest BCUT2D eigenvalue weighted by Gasteiger charge is 2.41. The summed E-state index contributed by atoms with van der Waals surface area (Å²) in [5.74, 6) is -0.654. The summed E-state index contributed by atoms with van der Waals surface area (Å²) in [4.78, 5) is 42.6. The van der Waals surface area contributed by atoms with E-state index in [2.05, 4.69) is 0 Å². The van der Waals surface area contributed by atoms with E-state index in [1.54, 1.807) is 31.3 Å². The van der Waals surface area contributed by atoms with Crippen LogP contribution >= 0.6 is 0 Å². The average Bonchev–Trinajstić information content (AvgIpc) is 3.06. The second-order valence-corrected chi connectivity index (χ2v) is 11.7. The van der Waals surface area contributed by atoms with Crippen molar-refractivity contribution in [3.05, 3.63) is 47.5 Å². The van der Waals surface area contributed by atoms with Gasteiger partial charge in [-0.05, 0) is 42.5 Å². The summed E-state index contributed by atoms with van der Waals surface area (Å²) in [6, 6.07) is 10.9. The van der Waals surface area contributed by atoms with Crippen molar-refractivity contribution >= 4 is 23.5 Å². The summed E-state index contributed by atoms with van der Waals surface area (Å²) < 4.78 is 23.5. The summed E-state index contributed by atoms with van der Waals surface area (Å²) in [6.45, 7) is 7.06. The number of amides is 2. The molecule has 1 saturated heterocycles. The fourth-order valence-corrected chi connectivity index (χ4v) is 5.53. The van der Waals surface area contributed by atoms with E-state index < -0.39 is 24.1 Å². The predicted octanol–water partition coefficient (Wildman–Crippen LogP) is 4.29. The van der Waals surface area contributed by atoms with Gasteiger partial charge in [-0.2, -0.15) is 0 Å². The number of fused-ring (bicyclic) bond motifs is 1. The fraction of sp³-hybridized carbons (Fsp3) is 0.516. The van der Waals surface area contributed by atoms with Crippen LogP contribution in [0, 0.1) is 11.3 Å². The maximum Gasteiger partial charge on any atom is 0.308 e. The molecule has 0 bridgehead atoms. The number of carbonyl (C=O) groups is 3. The number of para-hydroxylation sites is 1. The number of ether oxygens (including phenoxy) is 4. The van der Waals surface area contributed by atoms with Crippen LogP contribution in [-0.4, -0.2) is 74.9 Å². The number of aliphatic carboxylic acids is 1. The molecule has 0 aliphatic carbocycles. The maximum atomic E-state index is 14.2. The van der Waals surface area contributed by atoms with Gasteiger partial charge in [0.15, 0.2) is 11.5 Å². The minimum absolute atomic E-state index is 0.116. The molecule has 2 aliphatic rings. The van der Waals surface area contributed by atoms with Crippen molar-refractivity contribution < 1.29 is 38.4 Å². The number of hydrogen-bond donors (Lipinski definition) is 1. The van der Waals surface area contributed by atoms with Crippen molar-refractivity contribution in [2.75, 3.05) is 45.9 Å². The van der Waals surface area contributed by atoms with Crippen LogP contribution < -0.4 is 19.1 Å². The molecule has 0 aromatic heterocycles. The summed E-state index contributed by atoms with van der Waals surface area (Å²) in [6.07, 6.45) is -1.04. The van der Waals surface area contributed by atoms with Crippen molar-refractivity contribution in [1.29, 1.82) is 0 Å². The highest BCUT2D eigenvalue weighted by molar-refractivity contribution is 6.00. The van der Waals surface area contributed by atoms with Gasteiger partial charge in [-0.15, -0.1) is 0 Å². The number of carboxylic acids is 1. The molecule has 2 heterocycles. The molecule has 1 fully saturated rings. The number of likely N-dealkylation sites (tertiary alicyclic amines) is 1. The lowest BCUT2D eigenvalue weighted by Crippen LogP contribution is -2.47. The van der Waals surface area contributed by atoms with E-state index in [-0.39, 0.29) is 30.2 Å². The van der Waals surface area contributed by atoms with Gasteiger partial charge in [-0.1, -0.05) is 32.9 Å². The normalized spacial score (nSPS) is 21.1. The molecule has 10 nitrogen and oxygen atoms in total. The van der Waals surface area contributed by atoms with E-state index in [1.165, 1.54) is 12.0 Å². The van der Waals surface area contributed by atoms with Crippen LogP contribution in [0.3, 0.4) is 0 Å². The number of carboxylic acid groups (broad SMARTS) is 1. The SMILES string of the molecule is COc1ccc2c(c1)[C@H](c1cccc(OC)c1OC)O[C@@H](CC(=O)N1CCCC(C(=O)O)C1)C(=O)N2CC(C)(C)C. The third-order valence-electron chi connectivity index (χ3n) is 7.48. The minimum Gasteiger partial charge on any atom is -0.497 e. The van der Waals surface area contributed by atoms with Crippen LogP contribution in [0.15, 0.2) is 36.4 Å². The van der Waals surface area contributed by atoms with Gasteiger partial charge in [0.25, 0.3) is 5.91 Å². The van der Waals surface area contributed by atoms with Gasteiger partial charge in [0.1, 0.15) is 18.0 Å². The van der Waals surface area contributed by atoms with E-state index in [0.29, 0.717) is 60.0 Å². The molecule has 2 aliphatic heterocycles. The van der Waals surface area contributed by atoms with E-state index in [4.69, 9.17) is 18.9 Å². The molecule has 4 rings (SSSR count). The highest BCUT2D eigenvalue weighted by atomic mass is 16.5. The molecule has 41 heavy (non-hydrogen) atoms. The Bertz CT molecular complexity index is 1290. The Morgan fingerprint density at radius 3 is 2.44 bits per heavy atom. The number of hydrogen-bond acceptors (Lipinski definition) is 7. The van der Waals surface area contributed by atoms with Crippen molar-refractivity contribution in [1.82, 2.24) is 4.90 Å². The first-order valence-corrected chi connectivity index (χ1v) is 13.8. The topological polar surface area (TPSA) is 115 Å². The van der Waals surface area contributed by atoms with Crippen molar-refractivity contribution in [2.45, 2.75) is 52.2 Å². The van der Waals surface area contributed by atoms with Crippen molar-refractivity contribution in [3.63, 3.8) is 0 Å². The quantitative estimate of drug-likeness (QED) is 0.502. The van der Waals surface area contributed by atoms with Crippen LogP contribution in [0.1, 0.15) is 57.3 Å². The summed E-state index contributed by atoms with van der Waals surface area (Å²) >= 11 is 0. The Labute approximate surface area is 241 Å². The molecule has 2 aromatic rings. The van der Waals surface area contributed by atoms with Crippen LogP contribution in [0.4, 0.5) is 5.69 Å². The predicted molar refractivity (Wildman–Crippen MR) is 153 cm³/mol. The van der Waals surface area contributed by atoms with Crippen LogP contribution in [-0.2, 0) is 19.1 Å². The maximum absolute atomic E-state index is 14.2. The lowest BCUT2D eigenvalue weighted by molar-refractivity contribution is -0.148. The molecule has 1 N–H and O–H groups in total. The highest BCUT2D eigenvalue weighted by Crippen LogP contribution is 2.46. The van der Waals surface area contributed by atoms with E-state index in [9.17, 15) is 19.5 Å². The third kappa shape index (κ3) is 6.59. The molecule has 0 spiro atoms. The zero-order valence-corrected chi connectivity index (χ0v) is 24.6. The standard InChI is InChI=1S/C31H40N2O8/c1-31(2,3)18-33-23-13-12-20(38-4)15-22(23)27(21-10-7-11-24(39-5)28(21)40-6)41-25(29(33)35)16-26(34)32-14-8-9-19(17-32)30(36)37/h7,10-13,15,19,25,27H,8-9,14,16-18H2,1-6H3,(H,36,37)/t19?,25-,27-/m0/s1. The number of anilines is 1. The van der Waals surface area contributed by atoms with Gasteiger partial charge in [-0.25, -0.2) is 0 Å². The summed E-state index contributed by atoms with van der Waals surface area (Å²) in [5.41, 5.74) is 1.70. The van der Waals surface area contributed by atoms with Crippen molar-refractivity contribution in [2.24, 2.45) is 11.3 Å². The Morgan fingerprint density at radius 2 is 1.80 bits per heavy atom. The molecule has 10 heteroatoms. The number of piperidine rings is 1. The first-order chi connectivity index (χ1) is 19.5. The molecule has 1 unspecified atom stereocenters. The van der Waals surface area contributed by atoms with E-state index in [0.717, 1.165) is 0 Å². The largest absolute Gasteiger partial charge is 0.497 e. The number of methoxy groups -OCH3 is 3. The van der Waals surface area contributed by atoms with Gasteiger partial charge in [0.2, 0.25) is 5.91 Å². The van der Waals surface area contributed by atoms with E-state index in [1.807, 2.05) is 45.0 Å². The zero-order valence-electron chi connectivity index (χ0n) is 24.6. The van der Waals surface area contributed by atoms with E-state index >= 15 is 0 Å². The number of nitrogens with zero attached hydrogens (tertiary/aromatic N) is 2. The van der Waals surface area contributed by atoms with Crippen LogP contribution in [0.5, 0.6) is 17.2 Å². The first kappa shape index (κ1) is 30.2. The fourth-order valence-electron chi connectivity index (χ4n) is 5.53. The summed E-state index contributed by atoms with van der Waals surface area (Å²) in [7, 11) is 4.66. The lowest BCUT2D eigenvalue weighted by Gasteiger charge is -2.33. The molecular weight excluding hydrogens is 528 g/mol. The lowest BCUT2D eigenvalue weighted by atomic mass is 9.93. The Hall–Kier alpha value is -3.79. The van der Waals surface area contributed by atoms with Gasteiger partial charge < -0.3 is 33.9 Å². The molecule has 3 atom stereocenters. The average molecular weight is 569 g/mol. The van der Waals surface area contributed by atoms with Crippen LogP contribution in [0.2, 0.25) is 0 Å². The second-order valence-electron chi connectivity index (χ2n) is 11.7. The molecule has 0 radical (unpaired) electrons.